The van der Waals surface area contributed by atoms with Gasteiger partial charge in [-0.2, -0.15) is 0 Å². The zero-order chi connectivity index (χ0) is 15.5. The van der Waals surface area contributed by atoms with Gasteiger partial charge in [-0.25, -0.2) is 13.1 Å². The van der Waals surface area contributed by atoms with Crippen LogP contribution in [0.25, 0.3) is 0 Å². The minimum absolute atomic E-state index is 0.331. The Hall–Kier alpha value is -0.890. The minimum atomic E-state index is -3.44. The molecule has 0 aliphatic carbocycles. The van der Waals surface area contributed by atoms with Crippen LogP contribution in [0.4, 0.5) is 0 Å². The molecule has 0 aliphatic heterocycles. The molecule has 0 saturated heterocycles. The molecule has 1 aromatic heterocycles. The molecular weight excluding hydrogens is 374 g/mol. The normalized spacial score (nSPS) is 11.6. The molecule has 0 unspecified atom stereocenters. The first-order valence-corrected chi connectivity index (χ1v) is 9.40. The van der Waals surface area contributed by atoms with Gasteiger partial charge in [0.05, 0.1) is 10.9 Å². The van der Waals surface area contributed by atoms with Crippen molar-refractivity contribution in [1.82, 2.24) is 4.72 Å². The summed E-state index contributed by atoms with van der Waals surface area (Å²) in [7, 11) is -1.83. The van der Waals surface area contributed by atoms with E-state index in [1.807, 2.05) is 31.2 Å². The molecule has 1 N–H and O–H groups in total. The third kappa shape index (κ3) is 4.29. The van der Waals surface area contributed by atoms with Crippen molar-refractivity contribution < 1.29 is 13.2 Å². The number of halogens is 1. The highest BCUT2D eigenvalue weighted by Crippen LogP contribution is 2.30. The maximum atomic E-state index is 12.2. The molecule has 0 bridgehead atoms. The molecule has 0 atom stereocenters. The number of thiophene rings is 1. The third-order valence-corrected chi connectivity index (χ3v) is 7.01. The molecule has 21 heavy (non-hydrogen) atoms. The quantitative estimate of drug-likeness (QED) is 0.823. The van der Waals surface area contributed by atoms with Crippen molar-refractivity contribution in [2.75, 3.05) is 13.7 Å². The van der Waals surface area contributed by atoms with E-state index in [4.69, 9.17) is 4.74 Å². The lowest BCUT2D eigenvalue weighted by molar-refractivity contribution is 0.414. The lowest BCUT2D eigenvalue weighted by Gasteiger charge is -2.06. The number of sulfonamides is 1. The Morgan fingerprint density at radius 1 is 1.33 bits per heavy atom. The molecule has 1 heterocycles. The van der Waals surface area contributed by atoms with E-state index < -0.39 is 10.0 Å². The van der Waals surface area contributed by atoms with E-state index in [-0.39, 0.29) is 0 Å². The summed E-state index contributed by atoms with van der Waals surface area (Å²) in [6.45, 7) is 2.22. The largest absolute Gasteiger partial charge is 0.497 e. The van der Waals surface area contributed by atoms with Gasteiger partial charge < -0.3 is 4.74 Å². The molecule has 0 saturated carbocycles. The molecule has 4 nitrogen and oxygen atoms in total. The lowest BCUT2D eigenvalue weighted by Crippen LogP contribution is -2.25. The molecule has 0 spiro atoms. The summed E-state index contributed by atoms with van der Waals surface area (Å²) in [5, 5.41) is 0. The van der Waals surface area contributed by atoms with E-state index in [0.717, 1.165) is 20.7 Å². The SMILES string of the molecule is COc1cccc(CCNS(=O)(=O)c2cc(C)c(Br)s2)c1. The van der Waals surface area contributed by atoms with Crippen LogP contribution in [0.1, 0.15) is 11.1 Å². The minimum Gasteiger partial charge on any atom is -0.497 e. The van der Waals surface area contributed by atoms with Gasteiger partial charge in [0.1, 0.15) is 9.96 Å². The predicted molar refractivity (Wildman–Crippen MR) is 88.6 cm³/mol. The fourth-order valence-corrected chi connectivity index (χ4v) is 5.09. The fraction of sp³-hybridized carbons (Fsp3) is 0.286. The number of benzene rings is 1. The fourth-order valence-electron chi connectivity index (χ4n) is 1.79. The van der Waals surface area contributed by atoms with Crippen molar-refractivity contribution in [1.29, 1.82) is 0 Å². The van der Waals surface area contributed by atoms with Gasteiger partial charge in [-0.3, -0.25) is 0 Å². The van der Waals surface area contributed by atoms with E-state index in [2.05, 4.69) is 20.7 Å². The second-order valence-electron chi connectivity index (χ2n) is 4.52. The third-order valence-electron chi connectivity index (χ3n) is 2.94. The van der Waals surface area contributed by atoms with Gasteiger partial charge in [0.15, 0.2) is 0 Å². The molecular formula is C14H16BrNO3S2. The van der Waals surface area contributed by atoms with Gasteiger partial charge in [-0.05, 0) is 58.6 Å². The Kier molecular flexibility index (Phi) is 5.43. The van der Waals surface area contributed by atoms with Crippen LogP contribution in [0.2, 0.25) is 0 Å². The summed E-state index contributed by atoms with van der Waals surface area (Å²) in [4.78, 5) is 0. The van der Waals surface area contributed by atoms with Crippen LogP contribution in [0.5, 0.6) is 5.75 Å². The van der Waals surface area contributed by atoms with Crippen LogP contribution in [0, 0.1) is 6.92 Å². The maximum Gasteiger partial charge on any atom is 0.250 e. The molecule has 0 radical (unpaired) electrons. The first kappa shape index (κ1) is 16.5. The smallest absolute Gasteiger partial charge is 0.250 e. The monoisotopic (exact) mass is 389 g/mol. The van der Waals surface area contributed by atoms with Crippen LogP contribution in [0.15, 0.2) is 38.3 Å². The van der Waals surface area contributed by atoms with Crippen LogP contribution in [-0.4, -0.2) is 22.1 Å². The molecule has 0 aliphatic rings. The Balaban J connectivity index is 1.98. The number of rotatable bonds is 6. The van der Waals surface area contributed by atoms with Crippen LogP contribution >= 0.6 is 27.3 Å². The number of methoxy groups -OCH3 is 1. The van der Waals surface area contributed by atoms with E-state index in [0.29, 0.717) is 17.2 Å². The van der Waals surface area contributed by atoms with Crippen molar-refractivity contribution in [3.63, 3.8) is 0 Å². The molecule has 0 amide bonds. The van der Waals surface area contributed by atoms with Crippen molar-refractivity contribution in [2.45, 2.75) is 17.6 Å². The second-order valence-corrected chi connectivity index (χ2v) is 8.89. The van der Waals surface area contributed by atoms with Gasteiger partial charge in [0.25, 0.3) is 0 Å². The zero-order valence-corrected chi connectivity index (χ0v) is 14.9. The van der Waals surface area contributed by atoms with Gasteiger partial charge in [0, 0.05) is 6.54 Å². The van der Waals surface area contributed by atoms with Crippen molar-refractivity contribution >= 4 is 37.3 Å². The van der Waals surface area contributed by atoms with E-state index in [9.17, 15) is 8.42 Å². The highest BCUT2D eigenvalue weighted by Gasteiger charge is 2.17. The summed E-state index contributed by atoms with van der Waals surface area (Å²) >= 11 is 4.56. The number of ether oxygens (including phenoxy) is 1. The van der Waals surface area contributed by atoms with Crippen molar-refractivity contribution in [2.24, 2.45) is 0 Å². The highest BCUT2D eigenvalue weighted by atomic mass is 79.9. The number of hydrogen-bond acceptors (Lipinski definition) is 4. The Labute approximate surface area is 137 Å². The first-order chi connectivity index (χ1) is 9.92. The van der Waals surface area contributed by atoms with Crippen molar-refractivity contribution in [3.05, 3.63) is 45.2 Å². The van der Waals surface area contributed by atoms with Crippen LogP contribution in [-0.2, 0) is 16.4 Å². The summed E-state index contributed by atoms with van der Waals surface area (Å²) in [5.41, 5.74) is 1.95. The average molecular weight is 390 g/mol. The number of nitrogens with one attached hydrogen (secondary N) is 1. The second kappa shape index (κ2) is 6.91. The summed E-state index contributed by atoms with van der Waals surface area (Å²) < 4.78 is 33.3. The van der Waals surface area contributed by atoms with E-state index in [1.165, 1.54) is 11.3 Å². The highest BCUT2D eigenvalue weighted by molar-refractivity contribution is 9.11. The topological polar surface area (TPSA) is 55.4 Å². The summed E-state index contributed by atoms with van der Waals surface area (Å²) in [6.07, 6.45) is 0.613. The Bertz CT molecular complexity index is 706. The van der Waals surface area contributed by atoms with Crippen molar-refractivity contribution in [3.8, 4) is 5.75 Å². The Morgan fingerprint density at radius 3 is 2.71 bits per heavy atom. The van der Waals surface area contributed by atoms with Crippen LogP contribution in [0.3, 0.4) is 0 Å². The van der Waals surface area contributed by atoms with Gasteiger partial charge in [-0.15, -0.1) is 11.3 Å². The van der Waals surface area contributed by atoms with Gasteiger partial charge >= 0.3 is 0 Å². The van der Waals surface area contributed by atoms with Crippen LogP contribution < -0.4 is 9.46 Å². The zero-order valence-electron chi connectivity index (χ0n) is 11.7. The summed E-state index contributed by atoms with van der Waals surface area (Å²) in [6, 6.07) is 9.27. The lowest BCUT2D eigenvalue weighted by atomic mass is 10.1. The number of hydrogen-bond donors (Lipinski definition) is 1. The molecule has 7 heteroatoms. The average Bonchev–Trinajstić information content (AvgIpc) is 2.80. The maximum absolute atomic E-state index is 12.2. The van der Waals surface area contributed by atoms with Gasteiger partial charge in [-0.1, -0.05) is 12.1 Å². The Morgan fingerprint density at radius 2 is 2.10 bits per heavy atom. The predicted octanol–water partition coefficient (Wildman–Crippen LogP) is 3.35. The molecule has 114 valence electrons. The summed E-state index contributed by atoms with van der Waals surface area (Å²) in [5.74, 6) is 0.771. The van der Waals surface area contributed by atoms with E-state index >= 15 is 0 Å². The molecule has 0 fully saturated rings. The molecule has 1 aromatic carbocycles. The molecule has 2 rings (SSSR count). The number of aryl methyl sites for hydroxylation is 1. The first-order valence-electron chi connectivity index (χ1n) is 6.31. The standard InChI is InChI=1S/C14H16BrNO3S2/c1-10-8-13(20-14(10)15)21(17,18)16-7-6-11-4-3-5-12(9-11)19-2/h3-5,8-9,16H,6-7H2,1-2H3. The van der Waals surface area contributed by atoms with E-state index in [1.54, 1.807) is 13.2 Å². The van der Waals surface area contributed by atoms with Gasteiger partial charge in [0.2, 0.25) is 10.0 Å². The molecule has 2 aromatic rings.